The van der Waals surface area contributed by atoms with Gasteiger partial charge in [-0.15, -0.1) is 0 Å². The highest BCUT2D eigenvalue weighted by Gasteiger charge is 2.20. The average Bonchev–Trinajstić information content (AvgIpc) is 3.62. The van der Waals surface area contributed by atoms with Crippen LogP contribution < -0.4 is 14.9 Å². The Kier molecular flexibility index (Phi) is 9.02. The number of carbonyl (C=O) groups excluding carboxylic acids is 1. The number of nitrogens with zero attached hydrogens (tertiary/aromatic N) is 3. The largest absolute Gasteiger partial charge is 0.486 e. The second-order valence-corrected chi connectivity index (χ2v) is 10.4. The second kappa shape index (κ2) is 13.2. The van der Waals surface area contributed by atoms with Crippen LogP contribution in [0.5, 0.6) is 11.5 Å². The number of hydrogen-bond donors (Lipinski definition) is 1. The number of nitro benzene ring substituents is 1. The van der Waals surface area contributed by atoms with Crippen LogP contribution in [0.15, 0.2) is 105 Å². The smallest absolute Gasteiger partial charge is 0.312 e. The molecule has 0 atom stereocenters. The maximum atomic E-state index is 12.5. The summed E-state index contributed by atoms with van der Waals surface area (Å²) in [6.07, 6.45) is 1.30. The van der Waals surface area contributed by atoms with Gasteiger partial charge in [0.1, 0.15) is 24.7 Å². The molecule has 2 aromatic heterocycles. The average molecular weight is 643 g/mol. The standard InChI is InChI=1S/C32H27BrN4O6/c1-21-8-9-22(2)36(21)25-10-12-26(13-11-25)41-20-27-14-15-30(43-27)32(38)35-34-18-24-16-28(33)31(29(17-24)37(39)40)42-19-23-6-4-3-5-7-23/h3-18H,19-20H2,1-2H3,(H,35,38)/b34-18+. The minimum absolute atomic E-state index is 0.0430. The van der Waals surface area contributed by atoms with Gasteiger partial charge in [-0.2, -0.15) is 5.10 Å². The molecule has 1 amide bonds. The number of halogens is 1. The highest BCUT2D eigenvalue weighted by Crippen LogP contribution is 2.36. The molecule has 10 nitrogen and oxygen atoms in total. The van der Waals surface area contributed by atoms with Crippen LogP contribution in [0.25, 0.3) is 5.69 Å². The summed E-state index contributed by atoms with van der Waals surface area (Å²) in [5.41, 5.74) is 6.72. The first-order valence-corrected chi connectivity index (χ1v) is 14.0. The number of aromatic nitrogens is 1. The van der Waals surface area contributed by atoms with E-state index in [1.165, 1.54) is 18.3 Å². The SMILES string of the molecule is Cc1ccc(C)n1-c1ccc(OCc2ccc(C(=O)N/N=C/c3cc(Br)c(OCc4ccccc4)c([N+](=O)[O-])c3)o2)cc1. The summed E-state index contributed by atoms with van der Waals surface area (Å²) in [6, 6.07) is 27.3. The fourth-order valence-electron chi connectivity index (χ4n) is 4.40. The number of furan rings is 1. The highest BCUT2D eigenvalue weighted by atomic mass is 79.9. The molecule has 0 unspecified atom stereocenters. The van der Waals surface area contributed by atoms with E-state index in [0.29, 0.717) is 21.5 Å². The fraction of sp³-hybridized carbons (Fsp3) is 0.125. The molecule has 0 saturated carbocycles. The number of aryl methyl sites for hydroxylation is 2. The first-order valence-electron chi connectivity index (χ1n) is 13.2. The molecule has 0 bridgehead atoms. The van der Waals surface area contributed by atoms with Gasteiger partial charge in [0.05, 0.1) is 15.6 Å². The normalized spacial score (nSPS) is 11.0. The Morgan fingerprint density at radius 3 is 2.40 bits per heavy atom. The monoisotopic (exact) mass is 642 g/mol. The lowest BCUT2D eigenvalue weighted by Gasteiger charge is -2.10. The molecule has 1 N–H and O–H groups in total. The molecule has 0 aliphatic carbocycles. The third-order valence-corrected chi connectivity index (χ3v) is 7.07. The first kappa shape index (κ1) is 29.3. The number of carbonyl (C=O) groups is 1. The summed E-state index contributed by atoms with van der Waals surface area (Å²) in [7, 11) is 0. The molecule has 43 heavy (non-hydrogen) atoms. The van der Waals surface area contributed by atoms with Gasteiger partial charge in [-0.1, -0.05) is 30.3 Å². The van der Waals surface area contributed by atoms with Gasteiger partial charge in [0, 0.05) is 28.7 Å². The van der Waals surface area contributed by atoms with Crippen molar-refractivity contribution in [3.63, 3.8) is 0 Å². The van der Waals surface area contributed by atoms with E-state index in [-0.39, 0.29) is 30.4 Å². The predicted molar refractivity (Wildman–Crippen MR) is 165 cm³/mol. The second-order valence-electron chi connectivity index (χ2n) is 9.58. The summed E-state index contributed by atoms with van der Waals surface area (Å²) in [5, 5.41) is 15.6. The quantitative estimate of drug-likeness (QED) is 0.0918. The zero-order valence-corrected chi connectivity index (χ0v) is 24.9. The van der Waals surface area contributed by atoms with Crippen molar-refractivity contribution in [2.75, 3.05) is 0 Å². The molecule has 2 heterocycles. The van der Waals surface area contributed by atoms with E-state index in [0.717, 1.165) is 22.6 Å². The van der Waals surface area contributed by atoms with Crippen LogP contribution in [-0.4, -0.2) is 21.6 Å². The molecule has 0 fully saturated rings. The van der Waals surface area contributed by atoms with E-state index in [9.17, 15) is 14.9 Å². The number of hydrazone groups is 1. The van der Waals surface area contributed by atoms with E-state index >= 15 is 0 Å². The first-order chi connectivity index (χ1) is 20.8. The number of ether oxygens (including phenoxy) is 2. The lowest BCUT2D eigenvalue weighted by molar-refractivity contribution is -0.386. The number of hydrogen-bond acceptors (Lipinski definition) is 7. The van der Waals surface area contributed by atoms with Crippen molar-refractivity contribution in [1.82, 2.24) is 9.99 Å². The van der Waals surface area contributed by atoms with Crippen LogP contribution in [0, 0.1) is 24.0 Å². The maximum absolute atomic E-state index is 12.5. The van der Waals surface area contributed by atoms with E-state index in [2.05, 4.69) is 57.0 Å². The lowest BCUT2D eigenvalue weighted by Crippen LogP contribution is -2.16. The van der Waals surface area contributed by atoms with Gasteiger partial charge in [0.25, 0.3) is 0 Å². The summed E-state index contributed by atoms with van der Waals surface area (Å²) in [5.74, 6) is 0.681. The Bertz CT molecular complexity index is 1760. The van der Waals surface area contributed by atoms with Crippen LogP contribution in [-0.2, 0) is 13.2 Å². The third-order valence-electron chi connectivity index (χ3n) is 6.48. The van der Waals surface area contributed by atoms with Crippen molar-refractivity contribution < 1.29 is 23.6 Å². The van der Waals surface area contributed by atoms with Crippen molar-refractivity contribution in [1.29, 1.82) is 0 Å². The number of nitro groups is 1. The van der Waals surface area contributed by atoms with Crippen molar-refractivity contribution >= 4 is 33.7 Å². The summed E-state index contributed by atoms with van der Waals surface area (Å²) in [4.78, 5) is 23.7. The zero-order valence-electron chi connectivity index (χ0n) is 23.3. The Balaban J connectivity index is 1.16. The van der Waals surface area contributed by atoms with Crippen LogP contribution in [0.1, 0.15) is 38.8 Å². The Hall–Kier alpha value is -5.16. The lowest BCUT2D eigenvalue weighted by atomic mass is 10.2. The fourth-order valence-corrected chi connectivity index (χ4v) is 4.98. The molecule has 11 heteroatoms. The predicted octanol–water partition coefficient (Wildman–Crippen LogP) is 7.28. The summed E-state index contributed by atoms with van der Waals surface area (Å²) in [6.45, 7) is 4.41. The third kappa shape index (κ3) is 7.19. The van der Waals surface area contributed by atoms with Crippen LogP contribution >= 0.6 is 15.9 Å². The molecule has 3 aromatic carbocycles. The van der Waals surface area contributed by atoms with Gasteiger partial charge in [0.2, 0.25) is 5.75 Å². The molecular weight excluding hydrogens is 616 g/mol. The molecule has 0 aliphatic heterocycles. The zero-order chi connectivity index (χ0) is 30.3. The molecular formula is C32H27BrN4O6. The Labute approximate surface area is 255 Å². The Morgan fingerprint density at radius 1 is 0.977 bits per heavy atom. The summed E-state index contributed by atoms with van der Waals surface area (Å²) >= 11 is 3.34. The maximum Gasteiger partial charge on any atom is 0.312 e. The molecule has 0 aliphatic rings. The Morgan fingerprint density at radius 2 is 1.70 bits per heavy atom. The molecule has 0 spiro atoms. The number of rotatable bonds is 11. The van der Waals surface area contributed by atoms with E-state index in [1.54, 1.807) is 12.1 Å². The van der Waals surface area contributed by atoms with Gasteiger partial charge in [-0.05, 0) is 89.9 Å². The minimum atomic E-state index is -0.583. The van der Waals surface area contributed by atoms with E-state index in [1.807, 2.05) is 54.6 Å². The molecule has 0 radical (unpaired) electrons. The molecule has 5 rings (SSSR count). The van der Waals surface area contributed by atoms with Crippen molar-refractivity contribution in [2.45, 2.75) is 27.1 Å². The van der Waals surface area contributed by atoms with Gasteiger partial charge < -0.3 is 18.5 Å². The molecule has 5 aromatic rings. The molecule has 218 valence electrons. The number of benzene rings is 3. The minimum Gasteiger partial charge on any atom is -0.486 e. The van der Waals surface area contributed by atoms with Crippen LogP contribution in [0.4, 0.5) is 5.69 Å². The van der Waals surface area contributed by atoms with E-state index in [4.69, 9.17) is 13.9 Å². The number of nitrogens with one attached hydrogen (secondary N) is 1. The van der Waals surface area contributed by atoms with Crippen LogP contribution in [0.2, 0.25) is 0 Å². The topological polar surface area (TPSA) is 121 Å². The van der Waals surface area contributed by atoms with Gasteiger partial charge in [0.15, 0.2) is 5.76 Å². The van der Waals surface area contributed by atoms with Crippen molar-refractivity contribution in [3.05, 3.63) is 140 Å². The van der Waals surface area contributed by atoms with Crippen LogP contribution in [0.3, 0.4) is 0 Å². The van der Waals surface area contributed by atoms with Gasteiger partial charge >= 0.3 is 11.6 Å². The molecule has 0 saturated heterocycles. The van der Waals surface area contributed by atoms with Gasteiger partial charge in [-0.3, -0.25) is 14.9 Å². The number of amides is 1. The highest BCUT2D eigenvalue weighted by molar-refractivity contribution is 9.10. The van der Waals surface area contributed by atoms with E-state index < -0.39 is 10.8 Å². The summed E-state index contributed by atoms with van der Waals surface area (Å²) < 4.78 is 19.7. The van der Waals surface area contributed by atoms with Crippen molar-refractivity contribution in [3.8, 4) is 17.2 Å². The van der Waals surface area contributed by atoms with Crippen molar-refractivity contribution in [2.24, 2.45) is 5.10 Å². The van der Waals surface area contributed by atoms with Gasteiger partial charge in [-0.25, -0.2) is 5.43 Å².